The molecule has 0 bridgehead atoms. The average molecular weight is 217 g/mol. The number of nitrogens with zero attached hydrogens (tertiary/aromatic N) is 2. The van der Waals surface area contributed by atoms with Crippen LogP contribution in [0.2, 0.25) is 0 Å². The lowest BCUT2D eigenvalue weighted by Gasteiger charge is -2.08. The van der Waals surface area contributed by atoms with Gasteiger partial charge < -0.3 is 10.5 Å². The summed E-state index contributed by atoms with van der Waals surface area (Å²) in [5.41, 5.74) is 6.67. The van der Waals surface area contributed by atoms with Crippen LogP contribution in [0.3, 0.4) is 0 Å². The number of para-hydroxylation sites is 1. The van der Waals surface area contributed by atoms with E-state index in [0.717, 1.165) is 23.5 Å². The van der Waals surface area contributed by atoms with Gasteiger partial charge in [0.2, 0.25) is 0 Å². The average Bonchev–Trinajstić information content (AvgIpc) is 2.67. The molecule has 0 spiro atoms. The Bertz CT molecular complexity index is 465. The van der Waals surface area contributed by atoms with Gasteiger partial charge in [0.15, 0.2) is 5.75 Å². The minimum Gasteiger partial charge on any atom is -0.454 e. The third-order valence-electron chi connectivity index (χ3n) is 2.30. The number of hydrogen-bond acceptors (Lipinski definition) is 3. The predicted molar refractivity (Wildman–Crippen MR) is 62.5 cm³/mol. The quantitative estimate of drug-likeness (QED) is 0.848. The molecule has 2 N–H and O–H groups in total. The van der Waals surface area contributed by atoms with Crippen LogP contribution >= 0.6 is 0 Å². The van der Waals surface area contributed by atoms with Crippen molar-refractivity contribution in [2.24, 2.45) is 12.8 Å². The van der Waals surface area contributed by atoms with Crippen molar-refractivity contribution in [1.29, 1.82) is 0 Å². The van der Waals surface area contributed by atoms with E-state index in [1.807, 2.05) is 37.5 Å². The van der Waals surface area contributed by atoms with Gasteiger partial charge in [-0.15, -0.1) is 0 Å². The van der Waals surface area contributed by atoms with Crippen LogP contribution in [0.25, 0.3) is 0 Å². The molecule has 0 saturated carbocycles. The van der Waals surface area contributed by atoms with Crippen molar-refractivity contribution >= 4 is 0 Å². The molecule has 0 aliphatic heterocycles. The molecule has 0 aliphatic rings. The summed E-state index contributed by atoms with van der Waals surface area (Å²) in [6.07, 6.45) is 4.34. The first kappa shape index (κ1) is 10.7. The molecule has 1 heterocycles. The first-order valence-electron chi connectivity index (χ1n) is 5.24. The van der Waals surface area contributed by atoms with E-state index in [2.05, 4.69) is 5.10 Å². The summed E-state index contributed by atoms with van der Waals surface area (Å²) in [5.74, 6) is 1.59. The summed E-state index contributed by atoms with van der Waals surface area (Å²) >= 11 is 0. The normalized spacial score (nSPS) is 10.4. The van der Waals surface area contributed by atoms with E-state index in [4.69, 9.17) is 10.5 Å². The molecule has 0 unspecified atom stereocenters. The topological polar surface area (TPSA) is 53.1 Å². The summed E-state index contributed by atoms with van der Waals surface area (Å²) < 4.78 is 7.45. The summed E-state index contributed by atoms with van der Waals surface area (Å²) in [7, 11) is 1.86. The number of aryl methyl sites for hydroxylation is 1. The van der Waals surface area contributed by atoms with Gasteiger partial charge in [0.25, 0.3) is 0 Å². The smallest absolute Gasteiger partial charge is 0.165 e. The van der Waals surface area contributed by atoms with E-state index in [-0.39, 0.29) is 0 Å². The predicted octanol–water partition coefficient (Wildman–Crippen LogP) is 1.71. The lowest BCUT2D eigenvalue weighted by Crippen LogP contribution is -2.03. The lowest BCUT2D eigenvalue weighted by molar-refractivity contribution is 0.475. The standard InChI is InChI=1S/C12H15N3O/c1-15-9-11(8-14-15)16-12-5-3-2-4-10(12)6-7-13/h2-5,8-9H,6-7,13H2,1H3. The zero-order valence-electron chi connectivity index (χ0n) is 9.26. The molecule has 4 nitrogen and oxygen atoms in total. The third kappa shape index (κ3) is 2.41. The summed E-state index contributed by atoms with van der Waals surface area (Å²) in [4.78, 5) is 0. The Kier molecular flexibility index (Phi) is 3.22. The van der Waals surface area contributed by atoms with Crippen LogP contribution in [-0.4, -0.2) is 16.3 Å². The zero-order valence-corrected chi connectivity index (χ0v) is 9.26. The Labute approximate surface area is 94.6 Å². The first-order valence-corrected chi connectivity index (χ1v) is 5.24. The Hall–Kier alpha value is -1.81. The van der Waals surface area contributed by atoms with E-state index >= 15 is 0 Å². The largest absolute Gasteiger partial charge is 0.454 e. The van der Waals surface area contributed by atoms with Gasteiger partial charge in [0.05, 0.1) is 12.4 Å². The van der Waals surface area contributed by atoms with Crippen molar-refractivity contribution in [2.45, 2.75) is 6.42 Å². The van der Waals surface area contributed by atoms with E-state index in [1.54, 1.807) is 10.9 Å². The Morgan fingerprint density at radius 2 is 2.19 bits per heavy atom. The second-order valence-corrected chi connectivity index (χ2v) is 3.60. The molecule has 0 amide bonds. The Morgan fingerprint density at radius 1 is 1.38 bits per heavy atom. The molecule has 1 aromatic heterocycles. The van der Waals surface area contributed by atoms with Crippen molar-refractivity contribution in [2.75, 3.05) is 6.54 Å². The van der Waals surface area contributed by atoms with Gasteiger partial charge in [0.1, 0.15) is 5.75 Å². The van der Waals surface area contributed by atoms with E-state index in [1.165, 1.54) is 0 Å². The fourth-order valence-electron chi connectivity index (χ4n) is 1.54. The number of benzene rings is 1. The molecule has 1 aromatic carbocycles. The molecule has 0 radical (unpaired) electrons. The molecule has 0 fully saturated rings. The monoisotopic (exact) mass is 217 g/mol. The van der Waals surface area contributed by atoms with Crippen LogP contribution < -0.4 is 10.5 Å². The number of rotatable bonds is 4. The molecular formula is C12H15N3O. The molecule has 4 heteroatoms. The van der Waals surface area contributed by atoms with Gasteiger partial charge in [-0.2, -0.15) is 5.10 Å². The van der Waals surface area contributed by atoms with Crippen LogP contribution in [0.5, 0.6) is 11.5 Å². The van der Waals surface area contributed by atoms with E-state index < -0.39 is 0 Å². The maximum Gasteiger partial charge on any atom is 0.165 e. The fourth-order valence-corrected chi connectivity index (χ4v) is 1.54. The molecule has 0 saturated heterocycles. The molecule has 84 valence electrons. The van der Waals surface area contributed by atoms with Crippen molar-refractivity contribution < 1.29 is 4.74 Å². The van der Waals surface area contributed by atoms with Crippen LogP contribution in [0.15, 0.2) is 36.7 Å². The van der Waals surface area contributed by atoms with Gasteiger partial charge in [-0.05, 0) is 24.6 Å². The lowest BCUT2D eigenvalue weighted by atomic mass is 10.1. The Morgan fingerprint density at radius 3 is 2.88 bits per heavy atom. The highest BCUT2D eigenvalue weighted by Gasteiger charge is 2.04. The zero-order chi connectivity index (χ0) is 11.4. The minimum atomic E-state index is 0.618. The van der Waals surface area contributed by atoms with Gasteiger partial charge >= 0.3 is 0 Å². The molecule has 16 heavy (non-hydrogen) atoms. The number of hydrogen-bond donors (Lipinski definition) is 1. The van der Waals surface area contributed by atoms with Crippen LogP contribution in [0.1, 0.15) is 5.56 Å². The first-order chi connectivity index (χ1) is 7.79. The Balaban J connectivity index is 2.20. The molecule has 0 aliphatic carbocycles. The number of aromatic nitrogens is 2. The molecule has 0 atom stereocenters. The van der Waals surface area contributed by atoms with Crippen molar-refractivity contribution in [3.05, 3.63) is 42.2 Å². The second kappa shape index (κ2) is 4.81. The van der Waals surface area contributed by atoms with Gasteiger partial charge in [-0.1, -0.05) is 18.2 Å². The molecule has 2 rings (SSSR count). The SMILES string of the molecule is Cn1cc(Oc2ccccc2CCN)cn1. The van der Waals surface area contributed by atoms with Gasteiger partial charge in [0, 0.05) is 7.05 Å². The maximum atomic E-state index is 5.74. The van der Waals surface area contributed by atoms with Gasteiger partial charge in [-0.25, -0.2) is 0 Å². The van der Waals surface area contributed by atoms with E-state index in [0.29, 0.717) is 6.54 Å². The summed E-state index contributed by atoms with van der Waals surface area (Å²) in [6.45, 7) is 0.618. The number of ether oxygens (including phenoxy) is 1. The maximum absolute atomic E-state index is 5.74. The third-order valence-corrected chi connectivity index (χ3v) is 2.30. The van der Waals surface area contributed by atoms with Crippen LogP contribution in [-0.2, 0) is 13.5 Å². The van der Waals surface area contributed by atoms with Crippen LogP contribution in [0.4, 0.5) is 0 Å². The highest BCUT2D eigenvalue weighted by Crippen LogP contribution is 2.24. The highest BCUT2D eigenvalue weighted by molar-refractivity contribution is 5.36. The molecular weight excluding hydrogens is 202 g/mol. The molecule has 2 aromatic rings. The highest BCUT2D eigenvalue weighted by atomic mass is 16.5. The summed E-state index contributed by atoms with van der Waals surface area (Å²) in [5, 5.41) is 4.06. The van der Waals surface area contributed by atoms with Crippen molar-refractivity contribution in [3.8, 4) is 11.5 Å². The fraction of sp³-hybridized carbons (Fsp3) is 0.250. The van der Waals surface area contributed by atoms with Gasteiger partial charge in [-0.3, -0.25) is 4.68 Å². The number of nitrogens with two attached hydrogens (primary N) is 1. The van der Waals surface area contributed by atoms with Crippen molar-refractivity contribution in [3.63, 3.8) is 0 Å². The van der Waals surface area contributed by atoms with Crippen molar-refractivity contribution in [1.82, 2.24) is 9.78 Å². The minimum absolute atomic E-state index is 0.618. The van der Waals surface area contributed by atoms with Crippen LogP contribution in [0, 0.1) is 0 Å². The summed E-state index contributed by atoms with van der Waals surface area (Å²) in [6, 6.07) is 7.91. The van der Waals surface area contributed by atoms with E-state index in [9.17, 15) is 0 Å². The second-order valence-electron chi connectivity index (χ2n) is 3.60.